The van der Waals surface area contributed by atoms with Crippen LogP contribution in [0.2, 0.25) is 0 Å². The molecule has 0 aliphatic carbocycles. The van der Waals surface area contributed by atoms with Crippen molar-refractivity contribution in [2.45, 2.75) is 38.5 Å². The van der Waals surface area contributed by atoms with Crippen LogP contribution in [0, 0.1) is 0 Å². The Labute approximate surface area is 135 Å². The number of hydrogen-bond donors (Lipinski definition) is 2. The average molecular weight is 318 g/mol. The van der Waals surface area contributed by atoms with Gasteiger partial charge in [0.05, 0.1) is 6.54 Å². The monoisotopic (exact) mass is 318 g/mol. The molecule has 1 aromatic rings. The first-order valence-electron chi connectivity index (χ1n) is 7.93. The number of carboxylic acids is 1. The number of likely N-dealkylation sites (tertiary alicyclic amines) is 1. The van der Waals surface area contributed by atoms with E-state index in [2.05, 4.69) is 5.32 Å². The summed E-state index contributed by atoms with van der Waals surface area (Å²) < 4.78 is 0. The highest BCUT2D eigenvalue weighted by atomic mass is 16.4. The molecule has 23 heavy (non-hydrogen) atoms. The average Bonchev–Trinajstić information content (AvgIpc) is 2.71. The number of carbonyl (C=O) groups is 3. The predicted molar refractivity (Wildman–Crippen MR) is 86.1 cm³/mol. The molecule has 0 aromatic heterocycles. The van der Waals surface area contributed by atoms with E-state index in [0.717, 1.165) is 24.8 Å². The highest BCUT2D eigenvalue weighted by Gasteiger charge is 2.19. The summed E-state index contributed by atoms with van der Waals surface area (Å²) in [6.07, 6.45) is 3.94. The Balaban J connectivity index is 1.84. The Morgan fingerprint density at radius 1 is 1.13 bits per heavy atom. The minimum Gasteiger partial charge on any atom is -0.481 e. The second kappa shape index (κ2) is 8.31. The van der Waals surface area contributed by atoms with Gasteiger partial charge in [0, 0.05) is 25.1 Å². The molecule has 0 spiro atoms. The van der Waals surface area contributed by atoms with Crippen molar-refractivity contribution in [1.29, 1.82) is 0 Å². The second-order valence-electron chi connectivity index (χ2n) is 5.76. The van der Waals surface area contributed by atoms with Gasteiger partial charge >= 0.3 is 5.97 Å². The molecule has 0 atom stereocenters. The lowest BCUT2D eigenvalue weighted by molar-refractivity contribution is -0.137. The molecule has 0 saturated carbocycles. The van der Waals surface area contributed by atoms with Crippen LogP contribution in [0.1, 0.15) is 37.7 Å². The maximum atomic E-state index is 12.1. The van der Waals surface area contributed by atoms with E-state index in [1.54, 1.807) is 29.2 Å². The molecular formula is C17H22N2O4. The van der Waals surface area contributed by atoms with Crippen molar-refractivity contribution < 1.29 is 19.5 Å². The lowest BCUT2D eigenvalue weighted by Gasteiger charge is -2.19. The van der Waals surface area contributed by atoms with Crippen molar-refractivity contribution >= 4 is 23.5 Å². The van der Waals surface area contributed by atoms with Gasteiger partial charge in [0.2, 0.25) is 11.8 Å². The Hall–Kier alpha value is -2.37. The molecule has 0 radical (unpaired) electrons. The fraction of sp³-hybridized carbons (Fsp3) is 0.471. The molecule has 2 rings (SSSR count). The van der Waals surface area contributed by atoms with Crippen LogP contribution in [0.15, 0.2) is 24.3 Å². The van der Waals surface area contributed by atoms with Crippen molar-refractivity contribution in [3.05, 3.63) is 29.8 Å². The van der Waals surface area contributed by atoms with Crippen LogP contribution in [0.5, 0.6) is 0 Å². The van der Waals surface area contributed by atoms with Gasteiger partial charge in [-0.25, -0.2) is 0 Å². The van der Waals surface area contributed by atoms with Gasteiger partial charge in [-0.1, -0.05) is 18.6 Å². The molecular weight excluding hydrogens is 296 g/mol. The van der Waals surface area contributed by atoms with Crippen molar-refractivity contribution in [3.8, 4) is 0 Å². The van der Waals surface area contributed by atoms with E-state index >= 15 is 0 Å². The third kappa shape index (κ3) is 5.73. The minimum atomic E-state index is -0.829. The first-order valence-corrected chi connectivity index (χ1v) is 7.93. The van der Waals surface area contributed by atoms with Crippen LogP contribution in [0.3, 0.4) is 0 Å². The zero-order valence-electron chi connectivity index (χ0n) is 13.1. The SMILES string of the molecule is O=C(O)CCc1ccc(NC(=O)CN2CCCCCC2=O)cc1. The maximum Gasteiger partial charge on any atom is 0.303 e. The maximum absolute atomic E-state index is 12.1. The van der Waals surface area contributed by atoms with E-state index in [9.17, 15) is 14.4 Å². The molecule has 124 valence electrons. The number of carbonyl (C=O) groups excluding carboxylic acids is 2. The number of aliphatic carboxylic acids is 1. The standard InChI is InChI=1S/C17H22N2O4/c20-15(12-19-11-3-1-2-4-16(19)21)18-14-8-5-13(6-9-14)7-10-17(22)23/h5-6,8-9H,1-4,7,10-12H2,(H,18,20)(H,22,23). The Morgan fingerprint density at radius 3 is 2.57 bits per heavy atom. The quantitative estimate of drug-likeness (QED) is 0.840. The number of hydrogen-bond acceptors (Lipinski definition) is 3. The van der Waals surface area contributed by atoms with Gasteiger partial charge in [0.1, 0.15) is 0 Å². The molecule has 1 heterocycles. The second-order valence-corrected chi connectivity index (χ2v) is 5.76. The van der Waals surface area contributed by atoms with E-state index in [4.69, 9.17) is 5.11 Å². The van der Waals surface area contributed by atoms with Gasteiger partial charge in [-0.3, -0.25) is 14.4 Å². The molecule has 1 aliphatic heterocycles. The summed E-state index contributed by atoms with van der Waals surface area (Å²) in [6.45, 7) is 0.722. The van der Waals surface area contributed by atoms with Gasteiger partial charge < -0.3 is 15.3 Å². The van der Waals surface area contributed by atoms with Gasteiger partial charge in [-0.2, -0.15) is 0 Å². The van der Waals surface area contributed by atoms with Crippen LogP contribution >= 0.6 is 0 Å². The highest BCUT2D eigenvalue weighted by molar-refractivity contribution is 5.94. The number of nitrogens with zero attached hydrogens (tertiary/aromatic N) is 1. The van der Waals surface area contributed by atoms with E-state index in [1.165, 1.54) is 0 Å². The fourth-order valence-electron chi connectivity index (χ4n) is 2.59. The molecule has 1 fully saturated rings. The Morgan fingerprint density at radius 2 is 1.87 bits per heavy atom. The van der Waals surface area contributed by atoms with Crippen molar-refractivity contribution in [2.24, 2.45) is 0 Å². The summed E-state index contributed by atoms with van der Waals surface area (Å²) in [4.78, 5) is 36.1. The third-order valence-corrected chi connectivity index (χ3v) is 3.87. The van der Waals surface area contributed by atoms with Crippen LogP contribution < -0.4 is 5.32 Å². The molecule has 1 aromatic carbocycles. The largest absolute Gasteiger partial charge is 0.481 e. The first-order chi connectivity index (χ1) is 11.0. The number of nitrogens with one attached hydrogen (secondary N) is 1. The van der Waals surface area contributed by atoms with Crippen LogP contribution in [0.25, 0.3) is 0 Å². The predicted octanol–water partition coefficient (Wildman–Crippen LogP) is 2.04. The zero-order valence-corrected chi connectivity index (χ0v) is 13.1. The number of amides is 2. The summed E-state index contributed by atoms with van der Waals surface area (Å²) in [6, 6.07) is 7.10. The normalized spacial score (nSPS) is 15.1. The van der Waals surface area contributed by atoms with Gasteiger partial charge in [-0.15, -0.1) is 0 Å². The van der Waals surface area contributed by atoms with E-state index in [1.807, 2.05) is 0 Å². The number of benzene rings is 1. The molecule has 6 heteroatoms. The Bertz CT molecular complexity index is 568. The zero-order chi connectivity index (χ0) is 16.7. The van der Waals surface area contributed by atoms with Gasteiger partial charge in [0.15, 0.2) is 0 Å². The number of aryl methyl sites for hydroxylation is 1. The third-order valence-electron chi connectivity index (χ3n) is 3.87. The van der Waals surface area contributed by atoms with E-state index in [-0.39, 0.29) is 24.8 Å². The number of anilines is 1. The Kier molecular flexibility index (Phi) is 6.14. The molecule has 2 N–H and O–H groups in total. The van der Waals surface area contributed by atoms with Crippen LogP contribution in [0.4, 0.5) is 5.69 Å². The molecule has 2 amide bonds. The lowest BCUT2D eigenvalue weighted by Crippen LogP contribution is -2.37. The molecule has 0 unspecified atom stereocenters. The molecule has 1 saturated heterocycles. The number of rotatable bonds is 6. The molecule has 6 nitrogen and oxygen atoms in total. The topological polar surface area (TPSA) is 86.7 Å². The minimum absolute atomic E-state index is 0.0432. The van der Waals surface area contributed by atoms with Crippen molar-refractivity contribution in [1.82, 2.24) is 4.90 Å². The lowest BCUT2D eigenvalue weighted by atomic mass is 10.1. The molecule has 1 aliphatic rings. The summed E-state index contributed by atoms with van der Waals surface area (Å²) in [5.74, 6) is -0.996. The summed E-state index contributed by atoms with van der Waals surface area (Å²) in [5.41, 5.74) is 1.56. The number of carboxylic acid groups (broad SMARTS) is 1. The highest BCUT2D eigenvalue weighted by Crippen LogP contribution is 2.13. The first kappa shape index (κ1) is 17.0. The smallest absolute Gasteiger partial charge is 0.303 e. The van der Waals surface area contributed by atoms with Crippen molar-refractivity contribution in [3.63, 3.8) is 0 Å². The summed E-state index contributed by atoms with van der Waals surface area (Å²) >= 11 is 0. The molecule has 0 bridgehead atoms. The summed E-state index contributed by atoms with van der Waals surface area (Å²) in [7, 11) is 0. The fourth-order valence-corrected chi connectivity index (χ4v) is 2.59. The van der Waals surface area contributed by atoms with E-state index < -0.39 is 5.97 Å². The van der Waals surface area contributed by atoms with E-state index in [0.29, 0.717) is 25.1 Å². The summed E-state index contributed by atoms with van der Waals surface area (Å²) in [5, 5.41) is 11.4. The van der Waals surface area contributed by atoms with Crippen LogP contribution in [-0.4, -0.2) is 40.9 Å². The van der Waals surface area contributed by atoms with Crippen LogP contribution in [-0.2, 0) is 20.8 Å². The van der Waals surface area contributed by atoms with Gasteiger partial charge in [-0.05, 0) is 37.0 Å². The van der Waals surface area contributed by atoms with Crippen molar-refractivity contribution in [2.75, 3.05) is 18.4 Å². The van der Waals surface area contributed by atoms with Gasteiger partial charge in [0.25, 0.3) is 0 Å².